The van der Waals surface area contributed by atoms with Crippen molar-refractivity contribution in [1.29, 1.82) is 0 Å². The fraction of sp³-hybridized carbons (Fsp3) is 0.400. The van der Waals surface area contributed by atoms with Crippen molar-refractivity contribution >= 4 is 28.1 Å². The van der Waals surface area contributed by atoms with E-state index in [0.29, 0.717) is 5.89 Å². The first-order valence-corrected chi connectivity index (χ1v) is 7.02. The number of thioether (sulfide) groups is 1. The Balaban J connectivity index is 2.02. The summed E-state index contributed by atoms with van der Waals surface area (Å²) in [6, 6.07) is 3.74. The van der Waals surface area contributed by atoms with Gasteiger partial charge in [-0.25, -0.2) is 0 Å². The van der Waals surface area contributed by atoms with E-state index in [2.05, 4.69) is 17.1 Å². The number of rotatable bonds is 5. The molecular formula is C10H13N3OS2. The smallest absolute Gasteiger partial charge is 0.268 e. The molecule has 0 amide bonds. The van der Waals surface area contributed by atoms with Crippen molar-refractivity contribution in [3.05, 3.63) is 18.0 Å². The predicted molar refractivity (Wildman–Crippen MR) is 68.5 cm³/mol. The van der Waals surface area contributed by atoms with Gasteiger partial charge in [-0.1, -0.05) is 12.1 Å². The molecular weight excluding hydrogens is 242 g/mol. The summed E-state index contributed by atoms with van der Waals surface area (Å²) in [7, 11) is 0. The molecule has 2 rings (SSSR count). The molecule has 0 atom stereocenters. The molecule has 2 aromatic rings. The van der Waals surface area contributed by atoms with Crippen LogP contribution in [0.4, 0.5) is 5.00 Å². The lowest BCUT2D eigenvalue weighted by Gasteiger charge is -1.91. The Morgan fingerprint density at radius 3 is 3.06 bits per heavy atom. The minimum Gasteiger partial charge on any atom is -0.391 e. The van der Waals surface area contributed by atoms with Crippen LogP contribution in [0.15, 0.2) is 16.7 Å². The van der Waals surface area contributed by atoms with Crippen LogP contribution in [0.5, 0.6) is 0 Å². The molecule has 6 heteroatoms. The predicted octanol–water partition coefficient (Wildman–Crippen LogP) is 3.02. The molecule has 0 saturated heterocycles. The maximum absolute atomic E-state index is 5.65. The third-order valence-corrected chi connectivity index (χ3v) is 3.95. The average molecular weight is 255 g/mol. The Bertz CT molecular complexity index is 452. The van der Waals surface area contributed by atoms with Crippen LogP contribution in [0.2, 0.25) is 0 Å². The second-order valence-electron chi connectivity index (χ2n) is 3.27. The maximum Gasteiger partial charge on any atom is 0.268 e. The van der Waals surface area contributed by atoms with E-state index in [9.17, 15) is 0 Å². The Labute approximate surface area is 102 Å². The van der Waals surface area contributed by atoms with E-state index in [4.69, 9.17) is 10.3 Å². The van der Waals surface area contributed by atoms with Crippen molar-refractivity contribution in [3.8, 4) is 10.8 Å². The Morgan fingerprint density at radius 2 is 2.38 bits per heavy atom. The van der Waals surface area contributed by atoms with Gasteiger partial charge in [0.15, 0.2) is 5.82 Å². The monoisotopic (exact) mass is 255 g/mol. The Kier molecular flexibility index (Phi) is 3.84. The van der Waals surface area contributed by atoms with Crippen LogP contribution >= 0.6 is 23.1 Å². The fourth-order valence-electron chi connectivity index (χ4n) is 1.19. The molecule has 2 N–H and O–H groups in total. The third-order valence-electron chi connectivity index (χ3n) is 1.89. The van der Waals surface area contributed by atoms with Crippen molar-refractivity contribution in [2.75, 3.05) is 11.5 Å². The molecule has 0 aliphatic carbocycles. The largest absolute Gasteiger partial charge is 0.391 e. The number of hydrogen-bond acceptors (Lipinski definition) is 6. The quantitative estimate of drug-likeness (QED) is 0.832. The van der Waals surface area contributed by atoms with Gasteiger partial charge in [-0.3, -0.25) is 0 Å². The molecule has 2 heterocycles. The highest BCUT2D eigenvalue weighted by Gasteiger charge is 2.10. The van der Waals surface area contributed by atoms with Crippen LogP contribution in [0, 0.1) is 0 Å². The van der Waals surface area contributed by atoms with E-state index >= 15 is 0 Å². The van der Waals surface area contributed by atoms with E-state index in [-0.39, 0.29) is 0 Å². The van der Waals surface area contributed by atoms with E-state index in [0.717, 1.165) is 33.6 Å². The minimum atomic E-state index is 0.564. The van der Waals surface area contributed by atoms with Gasteiger partial charge in [0.1, 0.15) is 0 Å². The second kappa shape index (κ2) is 5.36. The first kappa shape index (κ1) is 11.5. The van der Waals surface area contributed by atoms with Gasteiger partial charge < -0.3 is 10.3 Å². The van der Waals surface area contributed by atoms with Crippen LogP contribution in [-0.4, -0.2) is 15.9 Å². The van der Waals surface area contributed by atoms with Crippen LogP contribution in [0.25, 0.3) is 10.8 Å². The molecule has 0 bridgehead atoms. The van der Waals surface area contributed by atoms with Crippen molar-refractivity contribution in [2.24, 2.45) is 0 Å². The lowest BCUT2D eigenvalue weighted by molar-refractivity contribution is 0.426. The molecule has 0 spiro atoms. The van der Waals surface area contributed by atoms with Crippen LogP contribution < -0.4 is 5.73 Å². The second-order valence-corrected chi connectivity index (χ2v) is 5.49. The molecule has 86 valence electrons. The van der Waals surface area contributed by atoms with Gasteiger partial charge in [0.25, 0.3) is 5.89 Å². The van der Waals surface area contributed by atoms with Crippen molar-refractivity contribution < 1.29 is 4.52 Å². The summed E-state index contributed by atoms with van der Waals surface area (Å²) in [5, 5.41) is 4.69. The molecule has 2 aromatic heterocycles. The summed E-state index contributed by atoms with van der Waals surface area (Å²) < 4.78 is 5.18. The zero-order valence-electron chi connectivity index (χ0n) is 8.97. The molecule has 0 fully saturated rings. The highest BCUT2D eigenvalue weighted by Crippen LogP contribution is 2.28. The number of hydrogen-bond donors (Lipinski definition) is 1. The van der Waals surface area contributed by atoms with E-state index in [1.54, 1.807) is 0 Å². The van der Waals surface area contributed by atoms with Gasteiger partial charge in [0, 0.05) is 0 Å². The fourth-order valence-corrected chi connectivity index (χ4v) is 2.62. The van der Waals surface area contributed by atoms with E-state index in [1.165, 1.54) is 11.3 Å². The summed E-state index contributed by atoms with van der Waals surface area (Å²) in [6.07, 6.45) is 1.16. The number of aromatic nitrogens is 2. The molecule has 0 radical (unpaired) electrons. The number of nitrogens with zero attached hydrogens (tertiary/aromatic N) is 2. The Morgan fingerprint density at radius 1 is 1.50 bits per heavy atom. The van der Waals surface area contributed by atoms with E-state index < -0.39 is 0 Å². The summed E-state index contributed by atoms with van der Waals surface area (Å²) in [4.78, 5) is 5.25. The standard InChI is InChI=1S/C10H13N3OS2/c1-2-5-15-6-9-12-10(14-13-9)7-3-4-8(11)16-7/h3-4H,2,5-6,11H2,1H3. The molecule has 4 nitrogen and oxygen atoms in total. The average Bonchev–Trinajstić information content (AvgIpc) is 2.87. The first-order valence-electron chi connectivity index (χ1n) is 5.05. The highest BCUT2D eigenvalue weighted by atomic mass is 32.2. The summed E-state index contributed by atoms with van der Waals surface area (Å²) in [5.74, 6) is 3.24. The van der Waals surface area contributed by atoms with Gasteiger partial charge in [-0.15, -0.1) is 11.3 Å². The number of thiophene rings is 1. The highest BCUT2D eigenvalue weighted by molar-refractivity contribution is 7.98. The molecule has 0 saturated carbocycles. The van der Waals surface area contributed by atoms with E-state index in [1.807, 2.05) is 23.9 Å². The number of nitrogens with two attached hydrogens (primary N) is 1. The summed E-state index contributed by atoms with van der Waals surface area (Å²) in [6.45, 7) is 2.16. The zero-order valence-corrected chi connectivity index (χ0v) is 10.6. The van der Waals surface area contributed by atoms with Crippen molar-refractivity contribution in [2.45, 2.75) is 19.1 Å². The van der Waals surface area contributed by atoms with Crippen LogP contribution in [0.3, 0.4) is 0 Å². The molecule has 0 aliphatic heterocycles. The minimum absolute atomic E-state index is 0.564. The summed E-state index contributed by atoms with van der Waals surface area (Å²) >= 11 is 3.27. The lowest BCUT2D eigenvalue weighted by Crippen LogP contribution is -1.84. The molecule has 0 unspecified atom stereocenters. The maximum atomic E-state index is 5.65. The topological polar surface area (TPSA) is 64.9 Å². The van der Waals surface area contributed by atoms with Gasteiger partial charge in [-0.2, -0.15) is 16.7 Å². The molecule has 0 aromatic carbocycles. The van der Waals surface area contributed by atoms with Gasteiger partial charge in [0.2, 0.25) is 0 Å². The lowest BCUT2D eigenvalue weighted by atomic mass is 10.4. The summed E-state index contributed by atoms with van der Waals surface area (Å²) in [5.41, 5.74) is 5.65. The third kappa shape index (κ3) is 2.76. The molecule has 0 aliphatic rings. The van der Waals surface area contributed by atoms with Crippen LogP contribution in [0.1, 0.15) is 19.2 Å². The zero-order chi connectivity index (χ0) is 11.4. The van der Waals surface area contributed by atoms with Gasteiger partial charge in [0.05, 0.1) is 15.6 Å². The van der Waals surface area contributed by atoms with Gasteiger partial charge in [-0.05, 0) is 24.3 Å². The van der Waals surface area contributed by atoms with Gasteiger partial charge >= 0.3 is 0 Å². The van der Waals surface area contributed by atoms with Crippen molar-refractivity contribution in [3.63, 3.8) is 0 Å². The molecule has 16 heavy (non-hydrogen) atoms. The number of anilines is 1. The SMILES string of the molecule is CCCSCc1noc(-c2ccc(N)s2)n1. The first-order chi connectivity index (χ1) is 7.79. The van der Waals surface area contributed by atoms with Crippen LogP contribution in [-0.2, 0) is 5.75 Å². The van der Waals surface area contributed by atoms with Crippen molar-refractivity contribution in [1.82, 2.24) is 10.1 Å². The number of nitrogen functional groups attached to an aromatic ring is 1. The normalized spacial score (nSPS) is 10.8. The Hall–Kier alpha value is -1.01.